The van der Waals surface area contributed by atoms with Crippen LogP contribution < -0.4 is 5.32 Å². The molecule has 94 valence electrons. The van der Waals surface area contributed by atoms with Gasteiger partial charge in [0.2, 0.25) is 0 Å². The van der Waals surface area contributed by atoms with Crippen LogP contribution in [-0.2, 0) is 0 Å². The van der Waals surface area contributed by atoms with E-state index in [1.165, 1.54) is 12.1 Å². The van der Waals surface area contributed by atoms with Gasteiger partial charge in [-0.2, -0.15) is 0 Å². The number of aliphatic hydroxyl groups is 1. The zero-order valence-electron chi connectivity index (χ0n) is 9.68. The number of hydrogen-bond donors (Lipinski definition) is 4. The maximum Gasteiger partial charge on any atom is 0.255 e. The van der Waals surface area contributed by atoms with E-state index in [9.17, 15) is 15.0 Å². The van der Waals surface area contributed by atoms with Crippen LogP contribution >= 0.6 is 0 Å². The third-order valence-corrected chi connectivity index (χ3v) is 2.35. The number of aromatic hydroxyl groups is 2. The summed E-state index contributed by atoms with van der Waals surface area (Å²) in [4.78, 5) is 11.6. The molecule has 1 rings (SSSR count). The molecular formula is C12H17NO4. The topological polar surface area (TPSA) is 89.8 Å². The fraction of sp³-hybridized carbons (Fsp3) is 0.417. The van der Waals surface area contributed by atoms with Crippen LogP contribution in [0.25, 0.3) is 0 Å². The largest absolute Gasteiger partial charge is 0.508 e. The Balaban J connectivity index is 2.58. The fourth-order valence-corrected chi connectivity index (χ4v) is 1.45. The van der Waals surface area contributed by atoms with Gasteiger partial charge in [-0.05, 0) is 18.6 Å². The summed E-state index contributed by atoms with van der Waals surface area (Å²) in [5.41, 5.74) is 0.0755. The number of phenolic OH excluding ortho intramolecular Hbond substituents is 2. The maximum absolute atomic E-state index is 11.6. The highest BCUT2D eigenvalue weighted by Gasteiger charge is 2.12. The Kier molecular flexibility index (Phi) is 4.78. The van der Waals surface area contributed by atoms with E-state index in [1.54, 1.807) is 0 Å². The van der Waals surface area contributed by atoms with E-state index >= 15 is 0 Å². The van der Waals surface area contributed by atoms with Crippen LogP contribution in [0.1, 0.15) is 30.1 Å². The molecule has 4 N–H and O–H groups in total. The summed E-state index contributed by atoms with van der Waals surface area (Å²) in [7, 11) is 0. The second kappa shape index (κ2) is 6.10. The van der Waals surface area contributed by atoms with E-state index in [1.807, 2.05) is 6.92 Å². The molecule has 1 aromatic carbocycles. The van der Waals surface area contributed by atoms with Gasteiger partial charge in [-0.15, -0.1) is 0 Å². The third kappa shape index (κ3) is 3.96. The first-order valence-electron chi connectivity index (χ1n) is 5.52. The standard InChI is InChI=1S/C12H17NO4/c1-2-3-9(15)7-13-12(17)10-5-4-8(14)6-11(10)16/h4-6,9,14-16H,2-3,7H2,1H3,(H,13,17). The number of aliphatic hydroxyl groups excluding tert-OH is 1. The predicted octanol–water partition coefficient (Wildman–Crippen LogP) is 0.989. The smallest absolute Gasteiger partial charge is 0.255 e. The number of nitrogens with one attached hydrogen (secondary N) is 1. The van der Waals surface area contributed by atoms with Gasteiger partial charge in [-0.3, -0.25) is 4.79 Å². The van der Waals surface area contributed by atoms with Gasteiger partial charge < -0.3 is 20.6 Å². The molecule has 0 radical (unpaired) electrons. The quantitative estimate of drug-likeness (QED) is 0.616. The van der Waals surface area contributed by atoms with Gasteiger partial charge in [-0.25, -0.2) is 0 Å². The fourth-order valence-electron chi connectivity index (χ4n) is 1.45. The van der Waals surface area contributed by atoms with E-state index in [-0.39, 0.29) is 23.6 Å². The normalized spacial score (nSPS) is 12.1. The summed E-state index contributed by atoms with van der Waals surface area (Å²) in [5.74, 6) is -0.866. The van der Waals surface area contributed by atoms with Crippen LogP contribution in [0.15, 0.2) is 18.2 Å². The Bertz CT molecular complexity index is 392. The summed E-state index contributed by atoms with van der Waals surface area (Å²) in [5, 5.41) is 30.5. The maximum atomic E-state index is 11.6. The SMILES string of the molecule is CCCC(O)CNC(=O)c1ccc(O)cc1O. The van der Waals surface area contributed by atoms with E-state index < -0.39 is 12.0 Å². The molecule has 0 aliphatic rings. The number of phenols is 2. The van der Waals surface area contributed by atoms with Gasteiger partial charge in [0.15, 0.2) is 0 Å². The third-order valence-electron chi connectivity index (χ3n) is 2.35. The van der Waals surface area contributed by atoms with Crippen LogP contribution in [0.5, 0.6) is 11.5 Å². The predicted molar refractivity (Wildman–Crippen MR) is 63.0 cm³/mol. The number of carbonyl (C=O) groups is 1. The van der Waals surface area contributed by atoms with Crippen molar-refractivity contribution in [2.75, 3.05) is 6.54 Å². The van der Waals surface area contributed by atoms with Crippen molar-refractivity contribution in [2.24, 2.45) is 0 Å². The summed E-state index contributed by atoms with van der Waals surface area (Å²) in [6.45, 7) is 2.09. The number of benzene rings is 1. The molecule has 1 atom stereocenters. The molecule has 1 aromatic rings. The van der Waals surface area contributed by atoms with Crippen molar-refractivity contribution in [3.63, 3.8) is 0 Å². The summed E-state index contributed by atoms with van der Waals surface area (Å²) >= 11 is 0. The first-order chi connectivity index (χ1) is 8.04. The van der Waals surface area contributed by atoms with Gasteiger partial charge in [0.25, 0.3) is 5.91 Å². The molecule has 1 amide bonds. The molecule has 0 aliphatic heterocycles. The van der Waals surface area contributed by atoms with Crippen LogP contribution in [-0.4, -0.2) is 33.9 Å². The molecule has 0 heterocycles. The van der Waals surface area contributed by atoms with Gasteiger partial charge >= 0.3 is 0 Å². The minimum Gasteiger partial charge on any atom is -0.508 e. The van der Waals surface area contributed by atoms with Crippen LogP contribution in [0, 0.1) is 0 Å². The van der Waals surface area contributed by atoms with Crippen molar-refractivity contribution in [3.8, 4) is 11.5 Å². The second-order valence-corrected chi connectivity index (χ2v) is 3.85. The number of hydrogen-bond acceptors (Lipinski definition) is 4. The summed E-state index contributed by atoms with van der Waals surface area (Å²) in [6.07, 6.45) is 0.867. The average Bonchev–Trinajstić information content (AvgIpc) is 2.26. The number of carbonyl (C=O) groups excluding carboxylic acids is 1. The minimum absolute atomic E-state index is 0.0755. The van der Waals surface area contributed by atoms with Gasteiger partial charge in [0.1, 0.15) is 11.5 Å². The molecule has 1 unspecified atom stereocenters. The van der Waals surface area contributed by atoms with Crippen molar-refractivity contribution in [1.82, 2.24) is 5.32 Å². The van der Waals surface area contributed by atoms with E-state index in [0.717, 1.165) is 12.5 Å². The lowest BCUT2D eigenvalue weighted by Gasteiger charge is -2.11. The summed E-state index contributed by atoms with van der Waals surface area (Å²) < 4.78 is 0. The van der Waals surface area contributed by atoms with Crippen molar-refractivity contribution in [3.05, 3.63) is 23.8 Å². The van der Waals surface area contributed by atoms with Crippen molar-refractivity contribution in [1.29, 1.82) is 0 Å². The minimum atomic E-state index is -0.580. The van der Waals surface area contributed by atoms with Gasteiger partial charge in [0.05, 0.1) is 11.7 Å². The summed E-state index contributed by atoms with van der Waals surface area (Å²) in [6, 6.07) is 3.74. The zero-order chi connectivity index (χ0) is 12.8. The number of rotatable bonds is 5. The molecule has 0 fully saturated rings. The Morgan fingerprint density at radius 1 is 1.41 bits per heavy atom. The molecule has 5 nitrogen and oxygen atoms in total. The monoisotopic (exact) mass is 239 g/mol. The molecule has 0 saturated heterocycles. The van der Waals surface area contributed by atoms with Crippen LogP contribution in [0.4, 0.5) is 0 Å². The van der Waals surface area contributed by atoms with Crippen molar-refractivity contribution < 1.29 is 20.1 Å². The Hall–Kier alpha value is -1.75. The first kappa shape index (κ1) is 13.3. The molecule has 17 heavy (non-hydrogen) atoms. The van der Waals surface area contributed by atoms with E-state index in [0.29, 0.717) is 6.42 Å². The zero-order valence-corrected chi connectivity index (χ0v) is 9.68. The Morgan fingerprint density at radius 2 is 2.12 bits per heavy atom. The van der Waals surface area contributed by atoms with Crippen LogP contribution in [0.3, 0.4) is 0 Å². The van der Waals surface area contributed by atoms with E-state index in [4.69, 9.17) is 5.11 Å². The number of amides is 1. The molecule has 0 bridgehead atoms. The van der Waals surface area contributed by atoms with E-state index in [2.05, 4.69) is 5.32 Å². The molecule has 5 heteroatoms. The molecular weight excluding hydrogens is 222 g/mol. The Morgan fingerprint density at radius 3 is 2.71 bits per heavy atom. The average molecular weight is 239 g/mol. The molecule has 0 spiro atoms. The van der Waals surface area contributed by atoms with Gasteiger partial charge in [0, 0.05) is 12.6 Å². The lowest BCUT2D eigenvalue weighted by Crippen LogP contribution is -2.32. The molecule has 0 saturated carbocycles. The lowest BCUT2D eigenvalue weighted by molar-refractivity contribution is 0.0907. The van der Waals surface area contributed by atoms with Crippen molar-refractivity contribution >= 4 is 5.91 Å². The molecule has 0 aromatic heterocycles. The van der Waals surface area contributed by atoms with Gasteiger partial charge in [-0.1, -0.05) is 13.3 Å². The highest BCUT2D eigenvalue weighted by atomic mass is 16.3. The highest BCUT2D eigenvalue weighted by Crippen LogP contribution is 2.22. The Labute approximate surface area is 99.7 Å². The van der Waals surface area contributed by atoms with Crippen molar-refractivity contribution in [2.45, 2.75) is 25.9 Å². The first-order valence-corrected chi connectivity index (χ1v) is 5.52. The lowest BCUT2D eigenvalue weighted by atomic mass is 10.1. The second-order valence-electron chi connectivity index (χ2n) is 3.85. The molecule has 0 aliphatic carbocycles. The highest BCUT2D eigenvalue weighted by molar-refractivity contribution is 5.96. The van der Waals surface area contributed by atoms with Crippen LogP contribution in [0.2, 0.25) is 0 Å².